The number of tetrazole rings is 1. The summed E-state index contributed by atoms with van der Waals surface area (Å²) in [6.07, 6.45) is 0.984. The summed E-state index contributed by atoms with van der Waals surface area (Å²) in [5.74, 6) is -0.918. The number of hydrogen-bond donors (Lipinski definition) is 1. The molecule has 124 valence electrons. The second kappa shape index (κ2) is 6.50. The minimum atomic E-state index is -3.64. The summed E-state index contributed by atoms with van der Waals surface area (Å²) in [6.45, 7) is 1.95. The monoisotopic (exact) mass is 360 g/mol. The first-order valence-electron chi connectivity index (χ1n) is 6.33. The number of hydrogen-bond acceptors (Lipinski definition) is 7. The Morgan fingerprint density at radius 2 is 2.13 bits per heavy atom. The highest BCUT2D eigenvalue weighted by atomic mass is 35.5. The molecule has 1 aromatic carbocycles. The Morgan fingerprint density at radius 1 is 1.43 bits per heavy atom. The molecule has 0 saturated heterocycles. The fourth-order valence-corrected chi connectivity index (χ4v) is 2.99. The minimum Gasteiger partial charge on any atom is -0.489 e. The molecular formula is C12H13ClN4O5S. The largest absolute Gasteiger partial charge is 0.489 e. The second-order valence-electron chi connectivity index (χ2n) is 4.63. The molecule has 9 nitrogen and oxygen atoms in total. The van der Waals surface area contributed by atoms with Crippen LogP contribution in [0.25, 0.3) is 0 Å². The van der Waals surface area contributed by atoms with Crippen molar-refractivity contribution in [2.24, 2.45) is 0 Å². The van der Waals surface area contributed by atoms with Crippen molar-refractivity contribution >= 4 is 27.4 Å². The average Bonchev–Trinajstić information content (AvgIpc) is 2.84. The number of aryl methyl sites for hydroxylation is 1. The lowest BCUT2D eigenvalue weighted by Gasteiger charge is -2.13. The van der Waals surface area contributed by atoms with E-state index in [1.165, 1.54) is 4.68 Å². The van der Waals surface area contributed by atoms with Crippen LogP contribution in [0, 0.1) is 6.92 Å². The summed E-state index contributed by atoms with van der Waals surface area (Å²) in [7, 11) is -3.64. The highest BCUT2D eigenvalue weighted by Crippen LogP contribution is 2.35. The zero-order chi connectivity index (χ0) is 17.2. The molecular weight excluding hydrogens is 348 g/mol. The van der Waals surface area contributed by atoms with Crippen LogP contribution < -0.4 is 4.74 Å². The number of benzene rings is 1. The lowest BCUT2D eigenvalue weighted by atomic mass is 10.2. The van der Waals surface area contributed by atoms with Crippen LogP contribution in [0.4, 0.5) is 0 Å². The molecule has 0 saturated carbocycles. The maximum Gasteiger partial charge on any atom is 0.337 e. The number of carbonyl (C=O) groups is 1. The summed E-state index contributed by atoms with van der Waals surface area (Å²) >= 11 is 5.99. The van der Waals surface area contributed by atoms with Crippen LogP contribution in [-0.2, 0) is 16.4 Å². The van der Waals surface area contributed by atoms with Crippen LogP contribution in [0.2, 0.25) is 5.02 Å². The average molecular weight is 361 g/mol. The van der Waals surface area contributed by atoms with Gasteiger partial charge in [-0.1, -0.05) is 11.6 Å². The van der Waals surface area contributed by atoms with E-state index in [-0.39, 0.29) is 34.4 Å². The van der Waals surface area contributed by atoms with Gasteiger partial charge in [0.25, 0.3) is 0 Å². The van der Waals surface area contributed by atoms with E-state index in [0.29, 0.717) is 5.82 Å². The fraction of sp³-hybridized carbons (Fsp3) is 0.333. The van der Waals surface area contributed by atoms with Crippen molar-refractivity contribution in [3.63, 3.8) is 0 Å². The molecule has 23 heavy (non-hydrogen) atoms. The van der Waals surface area contributed by atoms with Crippen molar-refractivity contribution in [2.75, 3.05) is 12.9 Å². The van der Waals surface area contributed by atoms with Crippen molar-refractivity contribution in [1.82, 2.24) is 20.2 Å². The highest BCUT2D eigenvalue weighted by Gasteiger charge is 2.23. The zero-order valence-electron chi connectivity index (χ0n) is 12.2. The van der Waals surface area contributed by atoms with Gasteiger partial charge in [-0.3, -0.25) is 0 Å². The second-order valence-corrected chi connectivity index (χ2v) is 6.99. The Balaban J connectivity index is 2.32. The SMILES string of the molecule is Cc1nnnn1CCOc1c(S(C)(=O)=O)ccc(C(=O)O)c1Cl. The Labute approximate surface area is 136 Å². The van der Waals surface area contributed by atoms with Crippen molar-refractivity contribution in [2.45, 2.75) is 18.4 Å². The quantitative estimate of drug-likeness (QED) is 0.802. The van der Waals surface area contributed by atoms with Crippen molar-refractivity contribution in [1.29, 1.82) is 0 Å². The van der Waals surface area contributed by atoms with E-state index < -0.39 is 15.8 Å². The summed E-state index contributed by atoms with van der Waals surface area (Å²) < 4.78 is 30.5. The van der Waals surface area contributed by atoms with Crippen LogP contribution in [0.5, 0.6) is 5.75 Å². The number of rotatable bonds is 6. The molecule has 0 bridgehead atoms. The third-order valence-corrected chi connectivity index (χ3v) is 4.45. The van der Waals surface area contributed by atoms with Gasteiger partial charge in [-0.15, -0.1) is 5.10 Å². The summed E-state index contributed by atoms with van der Waals surface area (Å²) in [5.41, 5.74) is -0.243. The molecule has 1 aromatic heterocycles. The molecule has 0 aliphatic rings. The smallest absolute Gasteiger partial charge is 0.337 e. The lowest BCUT2D eigenvalue weighted by molar-refractivity contribution is 0.0696. The summed E-state index contributed by atoms with van der Waals surface area (Å²) in [5, 5.41) is 19.7. The van der Waals surface area contributed by atoms with Gasteiger partial charge in [0.05, 0.1) is 17.1 Å². The molecule has 2 rings (SSSR count). The number of nitrogens with zero attached hydrogens (tertiary/aromatic N) is 4. The van der Waals surface area contributed by atoms with Gasteiger partial charge in [0.1, 0.15) is 17.3 Å². The molecule has 0 unspecified atom stereocenters. The van der Waals surface area contributed by atoms with Crippen LogP contribution in [-0.4, -0.2) is 52.6 Å². The third-order valence-electron chi connectivity index (χ3n) is 2.95. The molecule has 0 aliphatic heterocycles. The Morgan fingerprint density at radius 3 is 2.65 bits per heavy atom. The molecule has 11 heteroatoms. The first kappa shape index (κ1) is 17.2. The normalized spacial score (nSPS) is 11.4. The van der Waals surface area contributed by atoms with Crippen LogP contribution in [0.1, 0.15) is 16.2 Å². The third kappa shape index (κ3) is 3.77. The number of aromatic nitrogens is 4. The highest BCUT2D eigenvalue weighted by molar-refractivity contribution is 7.90. The molecule has 0 amide bonds. The van der Waals surface area contributed by atoms with E-state index in [9.17, 15) is 13.2 Å². The Bertz CT molecular complexity index is 849. The van der Waals surface area contributed by atoms with Crippen LogP contribution >= 0.6 is 11.6 Å². The van der Waals surface area contributed by atoms with Gasteiger partial charge in [-0.25, -0.2) is 17.9 Å². The minimum absolute atomic E-state index is 0.0111. The van der Waals surface area contributed by atoms with E-state index in [1.807, 2.05) is 0 Å². The fourth-order valence-electron chi connectivity index (χ4n) is 1.82. The Hall–Kier alpha value is -2.20. The van der Waals surface area contributed by atoms with Gasteiger partial charge in [-0.2, -0.15) is 0 Å². The number of halogens is 1. The number of aromatic carboxylic acids is 1. The molecule has 0 radical (unpaired) electrons. The molecule has 1 heterocycles. The molecule has 2 aromatic rings. The van der Waals surface area contributed by atoms with Crippen LogP contribution in [0.3, 0.4) is 0 Å². The summed E-state index contributed by atoms with van der Waals surface area (Å²) in [6, 6.07) is 2.28. The maximum atomic E-state index is 11.8. The van der Waals surface area contributed by atoms with Crippen LogP contribution in [0.15, 0.2) is 17.0 Å². The van der Waals surface area contributed by atoms with Crippen molar-refractivity contribution < 1.29 is 23.1 Å². The van der Waals surface area contributed by atoms with Gasteiger partial charge in [-0.05, 0) is 29.5 Å². The number of sulfone groups is 1. The zero-order valence-corrected chi connectivity index (χ0v) is 13.8. The molecule has 0 aliphatic carbocycles. The number of carboxylic acids is 1. The first-order valence-corrected chi connectivity index (χ1v) is 8.60. The predicted octanol–water partition coefficient (Wildman–Crippen LogP) is 0.816. The van der Waals surface area contributed by atoms with E-state index in [1.54, 1.807) is 6.92 Å². The van der Waals surface area contributed by atoms with Crippen molar-refractivity contribution in [3.8, 4) is 5.75 Å². The first-order chi connectivity index (χ1) is 10.7. The molecule has 0 atom stereocenters. The van der Waals surface area contributed by atoms with E-state index in [4.69, 9.17) is 21.4 Å². The van der Waals surface area contributed by atoms with Gasteiger partial charge < -0.3 is 9.84 Å². The van der Waals surface area contributed by atoms with Crippen molar-refractivity contribution in [3.05, 3.63) is 28.5 Å². The van der Waals surface area contributed by atoms with E-state index >= 15 is 0 Å². The van der Waals surface area contributed by atoms with Gasteiger partial charge in [0.2, 0.25) is 0 Å². The van der Waals surface area contributed by atoms with E-state index in [2.05, 4.69) is 15.5 Å². The predicted molar refractivity (Wildman–Crippen MR) is 79.6 cm³/mol. The molecule has 0 fully saturated rings. The number of ether oxygens (including phenoxy) is 1. The van der Waals surface area contributed by atoms with E-state index in [0.717, 1.165) is 18.4 Å². The maximum absolute atomic E-state index is 11.8. The molecule has 0 spiro atoms. The molecule has 1 N–H and O–H groups in total. The van der Waals surface area contributed by atoms with Gasteiger partial charge in [0.15, 0.2) is 15.6 Å². The standard InChI is InChI=1S/C12H13ClN4O5S/c1-7-14-15-16-17(7)5-6-22-11-9(23(2,20)21)4-3-8(10(11)13)12(18)19/h3-4H,5-6H2,1-2H3,(H,18,19). The Kier molecular flexibility index (Phi) is 4.85. The summed E-state index contributed by atoms with van der Waals surface area (Å²) in [4.78, 5) is 10.9. The lowest BCUT2D eigenvalue weighted by Crippen LogP contribution is -2.13. The van der Waals surface area contributed by atoms with Gasteiger partial charge >= 0.3 is 5.97 Å². The number of carboxylic acid groups (broad SMARTS) is 1. The van der Waals surface area contributed by atoms with Gasteiger partial charge in [0, 0.05) is 6.26 Å². The topological polar surface area (TPSA) is 124 Å².